The maximum atomic E-state index is 9.41. The number of rotatable bonds is 1. The van der Waals surface area contributed by atoms with Crippen molar-refractivity contribution in [1.82, 2.24) is 0 Å². The smallest absolute Gasteiger partial charge is 0.0543 e. The average Bonchev–Trinajstić information content (AvgIpc) is 2.58. The topological polar surface area (TPSA) is 20.2 Å². The molecule has 0 bridgehead atoms. The Bertz CT molecular complexity index is 142. The molecule has 1 N–H and O–H groups in total. The van der Waals surface area contributed by atoms with Crippen LogP contribution in [0.5, 0.6) is 0 Å². The van der Waals surface area contributed by atoms with E-state index in [1.54, 1.807) is 0 Å². The van der Waals surface area contributed by atoms with Crippen LogP contribution in [0.3, 0.4) is 0 Å². The summed E-state index contributed by atoms with van der Waals surface area (Å²) in [5.74, 6) is 1.70. The highest BCUT2D eigenvalue weighted by Crippen LogP contribution is 2.41. The van der Waals surface area contributed by atoms with Gasteiger partial charge in [0.2, 0.25) is 0 Å². The molecule has 4 atom stereocenters. The van der Waals surface area contributed by atoms with Gasteiger partial charge >= 0.3 is 0 Å². The molecule has 2 saturated carbocycles. The van der Waals surface area contributed by atoms with E-state index in [-0.39, 0.29) is 6.10 Å². The molecule has 0 saturated heterocycles. The van der Waals surface area contributed by atoms with Gasteiger partial charge in [0.25, 0.3) is 0 Å². The van der Waals surface area contributed by atoms with Gasteiger partial charge in [-0.15, -0.1) is 0 Å². The third-order valence-corrected chi connectivity index (χ3v) is 4.03. The van der Waals surface area contributed by atoms with Crippen molar-refractivity contribution in [3.63, 3.8) is 0 Å². The van der Waals surface area contributed by atoms with Crippen LogP contribution in [0.1, 0.15) is 38.5 Å². The predicted octanol–water partition coefficient (Wildman–Crippen LogP) is 2.25. The quantitative estimate of drug-likeness (QED) is 0.602. The lowest BCUT2D eigenvalue weighted by Gasteiger charge is -2.17. The summed E-state index contributed by atoms with van der Waals surface area (Å²) >= 11 is 4.50. The van der Waals surface area contributed by atoms with E-state index in [4.69, 9.17) is 0 Å². The summed E-state index contributed by atoms with van der Waals surface area (Å²) in [6, 6.07) is 0. The monoisotopic (exact) mass is 186 g/mol. The summed E-state index contributed by atoms with van der Waals surface area (Å²) in [7, 11) is 0. The first kappa shape index (κ1) is 8.89. The maximum Gasteiger partial charge on any atom is 0.0543 e. The lowest BCUT2D eigenvalue weighted by molar-refractivity contribution is 0.171. The van der Waals surface area contributed by atoms with Crippen LogP contribution in [0.25, 0.3) is 0 Å². The molecular weight excluding hydrogens is 168 g/mol. The summed E-state index contributed by atoms with van der Waals surface area (Å²) < 4.78 is 0. The van der Waals surface area contributed by atoms with Gasteiger partial charge in [-0.1, -0.05) is 0 Å². The second-order valence-electron chi connectivity index (χ2n) is 4.45. The molecule has 4 unspecified atom stereocenters. The standard InChI is InChI=1S/C10H18OS/c11-9-3-1-7(5-9)8-2-4-10(12)6-8/h7-12H,1-6H2. The lowest BCUT2D eigenvalue weighted by atomic mass is 9.89. The van der Waals surface area contributed by atoms with Crippen LogP contribution in [-0.2, 0) is 0 Å². The van der Waals surface area contributed by atoms with Crippen molar-refractivity contribution in [3.8, 4) is 0 Å². The van der Waals surface area contributed by atoms with Gasteiger partial charge in [0, 0.05) is 5.25 Å². The highest BCUT2D eigenvalue weighted by molar-refractivity contribution is 7.80. The van der Waals surface area contributed by atoms with E-state index >= 15 is 0 Å². The van der Waals surface area contributed by atoms with E-state index in [2.05, 4.69) is 12.6 Å². The molecule has 0 aromatic carbocycles. The molecular formula is C10H18OS. The van der Waals surface area contributed by atoms with Gasteiger partial charge in [0.1, 0.15) is 0 Å². The molecule has 1 nitrogen and oxygen atoms in total. The van der Waals surface area contributed by atoms with Crippen LogP contribution >= 0.6 is 12.6 Å². The maximum absolute atomic E-state index is 9.41. The molecule has 70 valence electrons. The van der Waals surface area contributed by atoms with E-state index in [0.29, 0.717) is 5.25 Å². The second kappa shape index (κ2) is 3.59. The number of aliphatic hydroxyl groups is 1. The van der Waals surface area contributed by atoms with Crippen LogP contribution in [0.2, 0.25) is 0 Å². The third-order valence-electron chi connectivity index (χ3n) is 3.56. The van der Waals surface area contributed by atoms with Crippen LogP contribution in [-0.4, -0.2) is 16.5 Å². The molecule has 2 heteroatoms. The number of hydrogen-bond acceptors (Lipinski definition) is 2. The SMILES string of the molecule is OC1CCC(C2CCC(S)C2)C1. The van der Waals surface area contributed by atoms with Crippen LogP contribution in [0.4, 0.5) is 0 Å². The first-order chi connectivity index (χ1) is 5.75. The molecule has 2 fully saturated rings. The van der Waals surface area contributed by atoms with Gasteiger partial charge in [-0.3, -0.25) is 0 Å². The minimum atomic E-state index is 0.00830. The van der Waals surface area contributed by atoms with Crippen molar-refractivity contribution >= 4 is 12.6 Å². The summed E-state index contributed by atoms with van der Waals surface area (Å²) in [4.78, 5) is 0. The Morgan fingerprint density at radius 3 is 2.08 bits per heavy atom. The van der Waals surface area contributed by atoms with Crippen molar-refractivity contribution in [2.45, 2.75) is 49.9 Å². The zero-order chi connectivity index (χ0) is 8.55. The number of hydrogen-bond donors (Lipinski definition) is 2. The predicted molar refractivity (Wildman–Crippen MR) is 53.5 cm³/mol. The zero-order valence-corrected chi connectivity index (χ0v) is 8.34. The number of aliphatic hydroxyl groups excluding tert-OH is 1. The minimum absolute atomic E-state index is 0.00830. The lowest BCUT2D eigenvalue weighted by Crippen LogP contribution is -2.10. The van der Waals surface area contributed by atoms with Gasteiger partial charge in [-0.2, -0.15) is 12.6 Å². The highest BCUT2D eigenvalue weighted by Gasteiger charge is 2.33. The fraction of sp³-hybridized carbons (Fsp3) is 1.00. The zero-order valence-electron chi connectivity index (χ0n) is 7.45. The molecule has 0 heterocycles. The fourth-order valence-corrected chi connectivity index (χ4v) is 3.26. The molecule has 0 amide bonds. The molecule has 2 aliphatic carbocycles. The first-order valence-electron chi connectivity index (χ1n) is 5.12. The Kier molecular flexibility index (Phi) is 2.66. The van der Waals surface area contributed by atoms with Gasteiger partial charge in [-0.05, 0) is 50.4 Å². The minimum Gasteiger partial charge on any atom is -0.393 e. The van der Waals surface area contributed by atoms with Crippen molar-refractivity contribution < 1.29 is 5.11 Å². The Hall–Kier alpha value is 0.310. The molecule has 0 aromatic rings. The van der Waals surface area contributed by atoms with Crippen LogP contribution in [0.15, 0.2) is 0 Å². The Balaban J connectivity index is 1.85. The van der Waals surface area contributed by atoms with Gasteiger partial charge < -0.3 is 5.11 Å². The Labute approximate surface area is 80.0 Å². The number of thiol groups is 1. The molecule has 2 rings (SSSR count). The van der Waals surface area contributed by atoms with Gasteiger partial charge in [0.05, 0.1) is 6.10 Å². The summed E-state index contributed by atoms with van der Waals surface area (Å²) in [6.45, 7) is 0. The van der Waals surface area contributed by atoms with E-state index in [0.717, 1.165) is 24.7 Å². The van der Waals surface area contributed by atoms with E-state index < -0.39 is 0 Å². The molecule has 0 aliphatic heterocycles. The normalized spacial score (nSPS) is 48.5. The van der Waals surface area contributed by atoms with Crippen molar-refractivity contribution in [1.29, 1.82) is 0 Å². The summed E-state index contributed by atoms with van der Waals surface area (Å²) in [5.41, 5.74) is 0. The van der Waals surface area contributed by atoms with Gasteiger partial charge in [0.15, 0.2) is 0 Å². The summed E-state index contributed by atoms with van der Waals surface area (Å²) in [6.07, 6.45) is 7.30. The first-order valence-corrected chi connectivity index (χ1v) is 5.63. The van der Waals surface area contributed by atoms with E-state index in [9.17, 15) is 5.11 Å². The van der Waals surface area contributed by atoms with E-state index in [1.807, 2.05) is 0 Å². The van der Waals surface area contributed by atoms with Crippen molar-refractivity contribution in [2.24, 2.45) is 11.8 Å². The molecule has 0 spiro atoms. The Morgan fingerprint density at radius 2 is 1.58 bits per heavy atom. The highest BCUT2D eigenvalue weighted by atomic mass is 32.1. The Morgan fingerprint density at radius 1 is 0.917 bits per heavy atom. The molecule has 0 aromatic heterocycles. The molecule has 2 aliphatic rings. The van der Waals surface area contributed by atoms with Crippen molar-refractivity contribution in [3.05, 3.63) is 0 Å². The van der Waals surface area contributed by atoms with Gasteiger partial charge in [-0.25, -0.2) is 0 Å². The molecule has 12 heavy (non-hydrogen) atoms. The van der Waals surface area contributed by atoms with Crippen LogP contribution < -0.4 is 0 Å². The largest absolute Gasteiger partial charge is 0.393 e. The third kappa shape index (κ3) is 1.80. The van der Waals surface area contributed by atoms with E-state index in [1.165, 1.54) is 25.7 Å². The average molecular weight is 186 g/mol. The van der Waals surface area contributed by atoms with Crippen LogP contribution in [0, 0.1) is 11.8 Å². The second-order valence-corrected chi connectivity index (χ2v) is 5.18. The van der Waals surface area contributed by atoms with Crippen molar-refractivity contribution in [2.75, 3.05) is 0 Å². The fourth-order valence-electron chi connectivity index (χ4n) is 2.84. The molecule has 0 radical (unpaired) electrons. The summed E-state index contributed by atoms with van der Waals surface area (Å²) in [5, 5.41) is 10.1.